The average Bonchev–Trinajstić information content (AvgIpc) is 3.33. The standard InChI is InChI=1S/C22H22FN5OS/c1-22(2,3)16-9-5-14(6-10-16)19-25-26-21(28(19)4)30-13-18-24-20(29-27-18)15-7-11-17(23)12-8-15/h5-12H,13H2,1-4H3. The van der Waals surface area contributed by atoms with Crippen LogP contribution in [-0.2, 0) is 18.2 Å². The number of hydrogen-bond donors (Lipinski definition) is 0. The molecule has 0 radical (unpaired) electrons. The maximum absolute atomic E-state index is 13.1. The van der Waals surface area contributed by atoms with Gasteiger partial charge in [0.15, 0.2) is 16.8 Å². The number of thioether (sulfide) groups is 1. The Morgan fingerprint density at radius 3 is 2.30 bits per heavy atom. The van der Waals surface area contributed by atoms with E-state index in [1.807, 2.05) is 11.6 Å². The Morgan fingerprint density at radius 2 is 1.63 bits per heavy atom. The summed E-state index contributed by atoms with van der Waals surface area (Å²) in [5, 5.41) is 13.4. The van der Waals surface area contributed by atoms with E-state index in [0.29, 0.717) is 23.0 Å². The molecule has 0 aliphatic carbocycles. The van der Waals surface area contributed by atoms with Gasteiger partial charge in [0.1, 0.15) is 5.82 Å². The van der Waals surface area contributed by atoms with Crippen LogP contribution in [0.3, 0.4) is 0 Å². The average molecular weight is 424 g/mol. The van der Waals surface area contributed by atoms with Crippen molar-refractivity contribution >= 4 is 11.8 Å². The van der Waals surface area contributed by atoms with Gasteiger partial charge in [0, 0.05) is 18.2 Å². The summed E-state index contributed by atoms with van der Waals surface area (Å²) in [4.78, 5) is 4.37. The van der Waals surface area contributed by atoms with Crippen LogP contribution >= 0.6 is 11.8 Å². The van der Waals surface area contributed by atoms with Crippen LogP contribution in [-0.4, -0.2) is 24.9 Å². The van der Waals surface area contributed by atoms with Gasteiger partial charge in [-0.1, -0.05) is 62.0 Å². The number of rotatable bonds is 5. The third-order valence-electron chi connectivity index (χ3n) is 4.73. The third-order valence-corrected chi connectivity index (χ3v) is 5.75. The fourth-order valence-corrected chi connectivity index (χ4v) is 3.72. The van der Waals surface area contributed by atoms with Crippen molar-refractivity contribution in [3.05, 3.63) is 65.7 Å². The summed E-state index contributed by atoms with van der Waals surface area (Å²) >= 11 is 1.48. The minimum absolute atomic E-state index is 0.108. The van der Waals surface area contributed by atoms with E-state index < -0.39 is 0 Å². The first kappa shape index (κ1) is 20.3. The Balaban J connectivity index is 1.45. The summed E-state index contributed by atoms with van der Waals surface area (Å²) in [6.45, 7) is 6.58. The van der Waals surface area contributed by atoms with E-state index in [4.69, 9.17) is 4.52 Å². The molecule has 0 saturated carbocycles. The molecule has 0 bridgehead atoms. The Morgan fingerprint density at radius 1 is 0.967 bits per heavy atom. The van der Waals surface area contributed by atoms with Crippen LogP contribution < -0.4 is 0 Å². The fourth-order valence-electron chi connectivity index (χ4n) is 2.96. The Labute approximate surface area is 178 Å². The predicted molar refractivity (Wildman–Crippen MR) is 114 cm³/mol. The van der Waals surface area contributed by atoms with Crippen molar-refractivity contribution in [1.29, 1.82) is 0 Å². The lowest BCUT2D eigenvalue weighted by molar-refractivity contribution is 0.425. The molecule has 0 atom stereocenters. The van der Waals surface area contributed by atoms with Crippen molar-refractivity contribution in [3.63, 3.8) is 0 Å². The highest BCUT2D eigenvalue weighted by molar-refractivity contribution is 7.98. The summed E-state index contributed by atoms with van der Waals surface area (Å²) in [6, 6.07) is 14.4. The Hall–Kier alpha value is -3.00. The van der Waals surface area contributed by atoms with Gasteiger partial charge in [-0.2, -0.15) is 4.98 Å². The van der Waals surface area contributed by atoms with Gasteiger partial charge < -0.3 is 9.09 Å². The molecular formula is C22H22FN5OS. The number of halogens is 1. The Kier molecular flexibility index (Phi) is 5.42. The molecule has 4 rings (SSSR count). The topological polar surface area (TPSA) is 69.6 Å². The van der Waals surface area contributed by atoms with Crippen LogP contribution in [0.2, 0.25) is 0 Å². The van der Waals surface area contributed by atoms with E-state index in [1.165, 1.54) is 29.5 Å². The van der Waals surface area contributed by atoms with Crippen molar-refractivity contribution in [1.82, 2.24) is 24.9 Å². The Bertz CT molecular complexity index is 1140. The summed E-state index contributed by atoms with van der Waals surface area (Å²) in [5.41, 5.74) is 3.08. The third kappa shape index (κ3) is 4.28. The molecule has 0 saturated heterocycles. The highest BCUT2D eigenvalue weighted by atomic mass is 32.2. The molecule has 2 aromatic heterocycles. The summed E-state index contributed by atoms with van der Waals surface area (Å²) in [5.74, 6) is 1.89. The number of benzene rings is 2. The first-order chi connectivity index (χ1) is 14.3. The molecule has 154 valence electrons. The molecule has 0 N–H and O–H groups in total. The van der Waals surface area contributed by atoms with Gasteiger partial charge in [-0.15, -0.1) is 10.2 Å². The largest absolute Gasteiger partial charge is 0.334 e. The van der Waals surface area contributed by atoms with Crippen molar-refractivity contribution in [3.8, 4) is 22.8 Å². The minimum atomic E-state index is -0.305. The summed E-state index contributed by atoms with van der Waals surface area (Å²) in [6.07, 6.45) is 0. The van der Waals surface area contributed by atoms with E-state index in [0.717, 1.165) is 16.5 Å². The molecule has 0 amide bonds. The zero-order chi connectivity index (χ0) is 21.3. The number of nitrogens with zero attached hydrogens (tertiary/aromatic N) is 5. The molecule has 6 nitrogen and oxygen atoms in total. The molecular weight excluding hydrogens is 401 g/mol. The van der Waals surface area contributed by atoms with E-state index in [9.17, 15) is 4.39 Å². The van der Waals surface area contributed by atoms with Gasteiger partial charge in [0.25, 0.3) is 5.89 Å². The molecule has 0 fully saturated rings. The maximum Gasteiger partial charge on any atom is 0.257 e. The van der Waals surface area contributed by atoms with Crippen molar-refractivity contribution < 1.29 is 8.91 Å². The first-order valence-corrected chi connectivity index (χ1v) is 10.5. The highest BCUT2D eigenvalue weighted by Gasteiger charge is 2.16. The second-order valence-electron chi connectivity index (χ2n) is 8.00. The van der Waals surface area contributed by atoms with Crippen molar-refractivity contribution in [2.45, 2.75) is 37.1 Å². The monoisotopic (exact) mass is 423 g/mol. The highest BCUT2D eigenvalue weighted by Crippen LogP contribution is 2.28. The van der Waals surface area contributed by atoms with Crippen LogP contribution in [0.5, 0.6) is 0 Å². The van der Waals surface area contributed by atoms with Gasteiger partial charge in [-0.25, -0.2) is 4.39 Å². The molecule has 0 unspecified atom stereocenters. The zero-order valence-corrected chi connectivity index (χ0v) is 18.1. The molecule has 0 spiro atoms. The van der Waals surface area contributed by atoms with Gasteiger partial charge in [-0.05, 0) is 35.2 Å². The summed E-state index contributed by atoms with van der Waals surface area (Å²) < 4.78 is 20.3. The number of aromatic nitrogens is 5. The quantitative estimate of drug-likeness (QED) is 0.408. The molecule has 8 heteroatoms. The molecule has 2 aromatic carbocycles. The van der Waals surface area contributed by atoms with Crippen LogP contribution in [0.15, 0.2) is 58.2 Å². The van der Waals surface area contributed by atoms with Crippen molar-refractivity contribution in [2.75, 3.05) is 0 Å². The lowest BCUT2D eigenvalue weighted by Crippen LogP contribution is -2.10. The molecule has 0 aliphatic heterocycles. The van der Waals surface area contributed by atoms with Crippen LogP contribution in [0.1, 0.15) is 32.2 Å². The SMILES string of the molecule is Cn1c(SCc2noc(-c3ccc(F)cc3)n2)nnc1-c1ccc(C(C)(C)C)cc1. The van der Waals surface area contributed by atoms with E-state index in [-0.39, 0.29) is 11.2 Å². The summed E-state index contributed by atoms with van der Waals surface area (Å²) in [7, 11) is 1.94. The van der Waals surface area contributed by atoms with E-state index >= 15 is 0 Å². The molecule has 2 heterocycles. The lowest BCUT2D eigenvalue weighted by atomic mass is 9.87. The lowest BCUT2D eigenvalue weighted by Gasteiger charge is -2.19. The second-order valence-corrected chi connectivity index (χ2v) is 8.95. The molecule has 0 aliphatic rings. The molecule has 30 heavy (non-hydrogen) atoms. The predicted octanol–water partition coefficient (Wildman–Crippen LogP) is 5.26. The van der Waals surface area contributed by atoms with Crippen molar-refractivity contribution in [2.24, 2.45) is 7.05 Å². The first-order valence-electron chi connectivity index (χ1n) is 9.53. The zero-order valence-electron chi connectivity index (χ0n) is 17.3. The minimum Gasteiger partial charge on any atom is -0.334 e. The van der Waals surface area contributed by atoms with E-state index in [2.05, 4.69) is 65.4 Å². The number of hydrogen-bond acceptors (Lipinski definition) is 6. The van der Waals surface area contributed by atoms with E-state index in [1.54, 1.807) is 12.1 Å². The second kappa shape index (κ2) is 8.02. The van der Waals surface area contributed by atoms with Crippen LogP contribution in [0.25, 0.3) is 22.8 Å². The fraction of sp³-hybridized carbons (Fsp3) is 0.273. The van der Waals surface area contributed by atoms with Gasteiger partial charge in [0.05, 0.1) is 5.75 Å². The van der Waals surface area contributed by atoms with Gasteiger partial charge in [-0.3, -0.25) is 0 Å². The maximum atomic E-state index is 13.1. The van der Waals surface area contributed by atoms with Gasteiger partial charge in [0.2, 0.25) is 0 Å². The molecule has 4 aromatic rings. The van der Waals surface area contributed by atoms with Gasteiger partial charge >= 0.3 is 0 Å². The van der Waals surface area contributed by atoms with Crippen LogP contribution in [0.4, 0.5) is 4.39 Å². The smallest absolute Gasteiger partial charge is 0.257 e. The normalized spacial score (nSPS) is 11.8. The van der Waals surface area contributed by atoms with Crippen LogP contribution in [0, 0.1) is 5.82 Å².